The average Bonchev–Trinajstić information content (AvgIpc) is 3.61. The summed E-state index contributed by atoms with van der Waals surface area (Å²) in [5.74, 6) is 0. The van der Waals surface area contributed by atoms with Crippen LogP contribution in [0.2, 0.25) is 0 Å². The van der Waals surface area contributed by atoms with Gasteiger partial charge >= 0.3 is 0 Å². The van der Waals surface area contributed by atoms with Gasteiger partial charge < -0.3 is 0 Å². The summed E-state index contributed by atoms with van der Waals surface area (Å²) in [7, 11) is 0. The molecule has 0 heterocycles. The molecule has 0 spiro atoms. The van der Waals surface area contributed by atoms with E-state index in [4.69, 9.17) is 0 Å². The van der Waals surface area contributed by atoms with E-state index in [0.29, 0.717) is 0 Å². The quantitative estimate of drug-likeness (QED) is 0.146. The van der Waals surface area contributed by atoms with Crippen molar-refractivity contribution in [3.8, 4) is 0 Å². The van der Waals surface area contributed by atoms with Crippen LogP contribution in [0.15, 0.2) is 194 Å². The van der Waals surface area contributed by atoms with Crippen LogP contribution in [0.1, 0.15) is 55.6 Å². The number of fused-ring (bicyclic) bond motifs is 2. The van der Waals surface area contributed by atoms with Crippen molar-refractivity contribution in [1.29, 1.82) is 0 Å². The maximum atomic E-state index is 2.66. The van der Waals surface area contributed by atoms with E-state index in [2.05, 4.69) is 239 Å². The Hall–Kier alpha value is -4.52. The number of allylic oxidation sites excluding steroid dienone is 2. The van der Waals surface area contributed by atoms with Gasteiger partial charge in [-0.3, -0.25) is 0 Å². The Bertz CT molecular complexity index is 2140. The van der Waals surface area contributed by atoms with Crippen molar-refractivity contribution >= 4 is 63.5 Å². The Morgan fingerprint density at radius 2 is 0.540 bits per heavy atom. The second-order valence-electron chi connectivity index (χ2n) is 13.0. The van der Waals surface area contributed by atoms with Crippen LogP contribution < -0.4 is 0 Å². The van der Waals surface area contributed by atoms with Crippen LogP contribution in [-0.2, 0) is 10.8 Å². The minimum absolute atomic E-state index is 0.515. The molecule has 0 aliphatic heterocycles. The summed E-state index contributed by atoms with van der Waals surface area (Å²) in [5, 5.41) is 0. The van der Waals surface area contributed by atoms with Gasteiger partial charge in [0.15, 0.2) is 0 Å². The number of hydrogen-bond donors (Lipinski definition) is 0. The van der Waals surface area contributed by atoms with Crippen LogP contribution >= 0.6 is 45.2 Å². The fourth-order valence-corrected chi connectivity index (χ4v) is 11.0. The average molecular weight is 863 g/mol. The van der Waals surface area contributed by atoms with E-state index in [1.54, 1.807) is 0 Å². The maximum absolute atomic E-state index is 2.66. The summed E-state index contributed by atoms with van der Waals surface area (Å²) in [4.78, 5) is 0. The Labute approximate surface area is 321 Å². The zero-order chi connectivity index (χ0) is 33.7. The molecule has 0 N–H and O–H groups in total. The van der Waals surface area contributed by atoms with Gasteiger partial charge in [0, 0.05) is 7.16 Å². The Kier molecular flexibility index (Phi) is 7.97. The van der Waals surface area contributed by atoms with Gasteiger partial charge in [-0.2, -0.15) is 0 Å². The molecular weight excluding hydrogens is 830 g/mol. The highest BCUT2D eigenvalue weighted by molar-refractivity contribution is 14.1. The van der Waals surface area contributed by atoms with Gasteiger partial charge in [0.05, 0.1) is 10.8 Å². The van der Waals surface area contributed by atoms with Gasteiger partial charge in [0.25, 0.3) is 0 Å². The van der Waals surface area contributed by atoms with Gasteiger partial charge in [-0.1, -0.05) is 182 Å². The monoisotopic (exact) mass is 862 g/mol. The van der Waals surface area contributed by atoms with Crippen LogP contribution in [-0.4, -0.2) is 0 Å². The fraction of sp³-hybridized carbons (Fsp3) is 0.0417. The van der Waals surface area contributed by atoms with Crippen LogP contribution in [0.4, 0.5) is 0 Å². The summed E-state index contributed by atoms with van der Waals surface area (Å²) >= 11 is 5.32. The molecular formula is C48H32I2. The molecule has 7 aromatic carbocycles. The zero-order valence-electron chi connectivity index (χ0n) is 27.2. The highest BCUT2D eigenvalue weighted by Gasteiger charge is 2.53. The molecule has 2 aliphatic rings. The Balaban J connectivity index is 1.46. The summed E-state index contributed by atoms with van der Waals surface area (Å²) in [6, 6.07) is 71.7. The van der Waals surface area contributed by atoms with Crippen molar-refractivity contribution < 1.29 is 0 Å². The lowest BCUT2D eigenvalue weighted by molar-refractivity contribution is 0.797. The molecule has 0 saturated carbocycles. The highest BCUT2D eigenvalue weighted by atomic mass is 127. The second kappa shape index (κ2) is 12.7. The standard InChI is InChI=1S/C48H32I2/c49-45-39-31-42-40(46(50)44(34-21-9-2-10-22-34)48(42,37-27-15-5-16-28-37)38-29-17-6-18-30-38)32-41(39)47(35-23-11-3-12-24-35,36-25-13-4-14-26-36)43(45)33-19-7-1-8-20-33/h1-32H. The van der Waals surface area contributed by atoms with E-state index >= 15 is 0 Å². The first-order valence-electron chi connectivity index (χ1n) is 17.0. The lowest BCUT2D eigenvalue weighted by Crippen LogP contribution is -2.31. The van der Waals surface area contributed by atoms with Gasteiger partial charge in [-0.05, 0) is 124 Å². The molecule has 0 atom stereocenters. The molecule has 2 heteroatoms. The van der Waals surface area contributed by atoms with Crippen molar-refractivity contribution in [3.05, 3.63) is 250 Å². The molecule has 50 heavy (non-hydrogen) atoms. The summed E-state index contributed by atoms with van der Waals surface area (Å²) in [6.07, 6.45) is 0. The van der Waals surface area contributed by atoms with Crippen molar-refractivity contribution in [3.63, 3.8) is 0 Å². The highest BCUT2D eigenvalue weighted by Crippen LogP contribution is 2.65. The first-order chi connectivity index (χ1) is 24.7. The van der Waals surface area contributed by atoms with Crippen molar-refractivity contribution in [2.75, 3.05) is 0 Å². The largest absolute Gasteiger partial charge is 0.0724 e. The third-order valence-corrected chi connectivity index (χ3v) is 12.8. The molecule has 0 bridgehead atoms. The molecule has 2 aliphatic carbocycles. The normalized spacial score (nSPS) is 15.6. The van der Waals surface area contributed by atoms with E-state index in [1.807, 2.05) is 0 Å². The first kappa shape index (κ1) is 31.5. The Morgan fingerprint density at radius 3 is 0.800 bits per heavy atom. The smallest absolute Gasteiger partial charge is 0.0622 e. The van der Waals surface area contributed by atoms with Gasteiger partial charge in [0.1, 0.15) is 0 Å². The summed E-state index contributed by atoms with van der Waals surface area (Å²) in [6.45, 7) is 0. The van der Waals surface area contributed by atoms with Gasteiger partial charge in [-0.15, -0.1) is 0 Å². The van der Waals surface area contributed by atoms with Crippen molar-refractivity contribution in [2.45, 2.75) is 10.8 Å². The third kappa shape index (κ3) is 4.54. The second-order valence-corrected chi connectivity index (χ2v) is 15.2. The first-order valence-corrected chi connectivity index (χ1v) is 19.2. The molecule has 0 amide bonds. The Morgan fingerprint density at radius 1 is 0.300 bits per heavy atom. The minimum atomic E-state index is -0.515. The minimum Gasteiger partial charge on any atom is -0.0622 e. The molecule has 0 saturated heterocycles. The molecule has 0 nitrogen and oxygen atoms in total. The number of benzene rings is 7. The molecule has 0 aromatic heterocycles. The topological polar surface area (TPSA) is 0 Å². The van der Waals surface area contributed by atoms with E-state index < -0.39 is 10.8 Å². The fourth-order valence-electron chi connectivity index (χ4n) is 8.63. The van der Waals surface area contributed by atoms with Crippen LogP contribution in [0, 0.1) is 0 Å². The predicted octanol–water partition coefficient (Wildman–Crippen LogP) is 13.0. The number of rotatable bonds is 6. The third-order valence-electron chi connectivity index (χ3n) is 10.6. The van der Waals surface area contributed by atoms with E-state index in [1.165, 1.54) is 73.9 Å². The van der Waals surface area contributed by atoms with Crippen molar-refractivity contribution in [1.82, 2.24) is 0 Å². The number of halogens is 2. The lowest BCUT2D eigenvalue weighted by atomic mass is 9.63. The van der Waals surface area contributed by atoms with E-state index in [-0.39, 0.29) is 0 Å². The molecule has 238 valence electrons. The SMILES string of the molecule is IC1=C(c2ccccc2)C(c2ccccc2)(c2ccccc2)c2cc3c(cc21)C(c1ccccc1)(c1ccccc1)C(c1ccccc1)=C3I. The molecule has 9 rings (SSSR count). The van der Waals surface area contributed by atoms with Crippen LogP contribution in [0.3, 0.4) is 0 Å². The van der Waals surface area contributed by atoms with E-state index in [9.17, 15) is 0 Å². The molecule has 0 radical (unpaired) electrons. The van der Waals surface area contributed by atoms with Crippen LogP contribution in [0.5, 0.6) is 0 Å². The number of hydrogen-bond acceptors (Lipinski definition) is 0. The zero-order valence-corrected chi connectivity index (χ0v) is 31.5. The molecule has 0 fully saturated rings. The molecule has 7 aromatic rings. The predicted molar refractivity (Wildman–Crippen MR) is 227 cm³/mol. The maximum Gasteiger partial charge on any atom is 0.0724 e. The van der Waals surface area contributed by atoms with E-state index in [0.717, 1.165) is 0 Å². The van der Waals surface area contributed by atoms with Gasteiger partial charge in [-0.25, -0.2) is 0 Å². The van der Waals surface area contributed by atoms with Crippen LogP contribution in [0.25, 0.3) is 18.3 Å². The lowest BCUT2D eigenvalue weighted by Gasteiger charge is -2.37. The van der Waals surface area contributed by atoms with Gasteiger partial charge in [0.2, 0.25) is 0 Å². The summed E-state index contributed by atoms with van der Waals surface area (Å²) in [5.41, 5.74) is 14.5. The summed E-state index contributed by atoms with van der Waals surface area (Å²) < 4.78 is 2.58. The van der Waals surface area contributed by atoms with Crippen molar-refractivity contribution in [2.24, 2.45) is 0 Å². The molecule has 0 unspecified atom stereocenters.